The average Bonchev–Trinajstić information content (AvgIpc) is 2.52. The molecule has 0 radical (unpaired) electrons. The van der Waals surface area contributed by atoms with E-state index in [0.717, 1.165) is 0 Å². The lowest BCUT2D eigenvalue weighted by Crippen LogP contribution is -2.10. The van der Waals surface area contributed by atoms with Crippen LogP contribution in [0.5, 0.6) is 11.5 Å². The number of benzene rings is 1. The second kappa shape index (κ2) is 9.10. The molecule has 7 heteroatoms. The van der Waals surface area contributed by atoms with Crippen LogP contribution in [0.3, 0.4) is 0 Å². The monoisotopic (exact) mass is 319 g/mol. The first-order valence-corrected chi connectivity index (χ1v) is 6.92. The molecule has 0 aromatic heterocycles. The van der Waals surface area contributed by atoms with E-state index in [0.29, 0.717) is 17.9 Å². The zero-order valence-electron chi connectivity index (χ0n) is 12.9. The predicted molar refractivity (Wildman–Crippen MR) is 81.0 cm³/mol. The lowest BCUT2D eigenvalue weighted by atomic mass is 10.1. The van der Waals surface area contributed by atoms with Crippen molar-refractivity contribution < 1.29 is 28.9 Å². The van der Waals surface area contributed by atoms with Gasteiger partial charge in [0.2, 0.25) is 0 Å². The molecule has 0 spiro atoms. The Hall–Kier alpha value is -3.01. The van der Waals surface area contributed by atoms with Crippen LogP contribution >= 0.6 is 0 Å². The van der Waals surface area contributed by atoms with E-state index in [9.17, 15) is 9.59 Å². The van der Waals surface area contributed by atoms with Gasteiger partial charge in [-0.25, -0.2) is 9.59 Å². The molecule has 122 valence electrons. The van der Waals surface area contributed by atoms with Gasteiger partial charge in [0.05, 0.1) is 13.2 Å². The molecule has 0 bridgehead atoms. The first kappa shape index (κ1) is 18.0. The maximum atomic E-state index is 11.6. The van der Waals surface area contributed by atoms with E-state index in [2.05, 4.69) is 0 Å². The summed E-state index contributed by atoms with van der Waals surface area (Å²) in [5.74, 6) is -1.23. The third-order valence-corrected chi connectivity index (χ3v) is 2.55. The van der Waals surface area contributed by atoms with Gasteiger partial charge in [0.25, 0.3) is 0 Å². The van der Waals surface area contributed by atoms with Crippen LogP contribution in [0.15, 0.2) is 23.8 Å². The van der Waals surface area contributed by atoms with Crippen molar-refractivity contribution in [2.75, 3.05) is 19.8 Å². The molecule has 1 aromatic rings. The molecule has 0 fully saturated rings. The van der Waals surface area contributed by atoms with Crippen LogP contribution < -0.4 is 9.47 Å². The molecule has 0 atom stereocenters. The number of hydrogen-bond donors (Lipinski definition) is 1. The molecule has 0 aliphatic heterocycles. The van der Waals surface area contributed by atoms with E-state index in [1.807, 2.05) is 0 Å². The maximum absolute atomic E-state index is 11.6. The van der Waals surface area contributed by atoms with Crippen LogP contribution in [0, 0.1) is 11.3 Å². The molecule has 1 aromatic carbocycles. The first-order chi connectivity index (χ1) is 11.0. The average molecular weight is 319 g/mol. The standard InChI is InChI=1S/C16H17NO6/c1-3-21-14-8-11(5-6-13(14)23-10-15(18)19)7-12(9-17)16(20)22-4-2/h5-8H,3-4,10H2,1-2H3,(H,18,19). The van der Waals surface area contributed by atoms with Crippen LogP contribution in [-0.2, 0) is 14.3 Å². The van der Waals surface area contributed by atoms with Crippen molar-refractivity contribution in [2.24, 2.45) is 0 Å². The van der Waals surface area contributed by atoms with Crippen LogP contribution in [-0.4, -0.2) is 36.9 Å². The highest BCUT2D eigenvalue weighted by Crippen LogP contribution is 2.29. The Labute approximate surface area is 133 Å². The largest absolute Gasteiger partial charge is 0.490 e. The van der Waals surface area contributed by atoms with Crippen molar-refractivity contribution in [3.05, 3.63) is 29.3 Å². The minimum atomic E-state index is -1.11. The molecule has 0 aliphatic carbocycles. The number of aliphatic carboxylic acids is 1. The number of carboxylic acid groups (broad SMARTS) is 1. The van der Waals surface area contributed by atoms with Gasteiger partial charge in [-0.2, -0.15) is 5.26 Å². The SMILES string of the molecule is CCOC(=O)C(C#N)=Cc1ccc(OCC(=O)O)c(OCC)c1. The molecular weight excluding hydrogens is 302 g/mol. The van der Waals surface area contributed by atoms with Gasteiger partial charge in [-0.3, -0.25) is 0 Å². The van der Waals surface area contributed by atoms with Crippen molar-refractivity contribution in [1.82, 2.24) is 0 Å². The highest BCUT2D eigenvalue weighted by atomic mass is 16.5. The lowest BCUT2D eigenvalue weighted by molar-refractivity contribution is -0.139. The van der Waals surface area contributed by atoms with E-state index in [-0.39, 0.29) is 17.9 Å². The fourth-order valence-corrected chi connectivity index (χ4v) is 1.65. The van der Waals surface area contributed by atoms with Gasteiger partial charge in [0.1, 0.15) is 11.6 Å². The third kappa shape index (κ3) is 5.71. The molecule has 0 amide bonds. The third-order valence-electron chi connectivity index (χ3n) is 2.55. The van der Waals surface area contributed by atoms with Crippen LogP contribution in [0.1, 0.15) is 19.4 Å². The van der Waals surface area contributed by atoms with Gasteiger partial charge in [0.15, 0.2) is 18.1 Å². The Balaban J connectivity index is 3.09. The molecule has 0 unspecified atom stereocenters. The molecule has 0 heterocycles. The minimum absolute atomic E-state index is 0.145. The predicted octanol–water partition coefficient (Wildman–Crippen LogP) is 2.02. The molecule has 0 aliphatic rings. The molecule has 23 heavy (non-hydrogen) atoms. The molecule has 1 rings (SSSR count). The number of rotatable bonds is 8. The van der Waals surface area contributed by atoms with Gasteiger partial charge < -0.3 is 19.3 Å². The lowest BCUT2D eigenvalue weighted by Gasteiger charge is -2.11. The van der Waals surface area contributed by atoms with Gasteiger partial charge in [-0.05, 0) is 37.6 Å². The minimum Gasteiger partial charge on any atom is -0.490 e. The normalized spacial score (nSPS) is 10.6. The highest BCUT2D eigenvalue weighted by Gasteiger charge is 2.12. The number of carbonyl (C=O) groups excluding carboxylic acids is 1. The number of nitrogens with zero attached hydrogens (tertiary/aromatic N) is 1. The smallest absolute Gasteiger partial charge is 0.348 e. The summed E-state index contributed by atoms with van der Waals surface area (Å²) >= 11 is 0. The van der Waals surface area contributed by atoms with E-state index >= 15 is 0 Å². The summed E-state index contributed by atoms with van der Waals surface area (Å²) in [4.78, 5) is 22.2. The van der Waals surface area contributed by atoms with Gasteiger partial charge in [0, 0.05) is 0 Å². The number of carbonyl (C=O) groups is 2. The van der Waals surface area contributed by atoms with Gasteiger partial charge >= 0.3 is 11.9 Å². The summed E-state index contributed by atoms with van der Waals surface area (Å²) in [5.41, 5.74) is 0.384. The number of carboxylic acids is 1. The zero-order valence-corrected chi connectivity index (χ0v) is 12.9. The van der Waals surface area contributed by atoms with Crippen LogP contribution in [0.4, 0.5) is 0 Å². The first-order valence-electron chi connectivity index (χ1n) is 6.92. The Kier molecular flexibility index (Phi) is 7.14. The molecule has 7 nitrogen and oxygen atoms in total. The van der Waals surface area contributed by atoms with Crippen molar-refractivity contribution in [3.63, 3.8) is 0 Å². The Morgan fingerprint density at radius 2 is 1.96 bits per heavy atom. The van der Waals surface area contributed by atoms with Crippen LogP contribution in [0.25, 0.3) is 6.08 Å². The molecule has 0 saturated carbocycles. The summed E-state index contributed by atoms with van der Waals surface area (Å²) in [5, 5.41) is 17.7. The Bertz CT molecular complexity index is 644. The molecular formula is C16H17NO6. The summed E-state index contributed by atoms with van der Waals surface area (Å²) in [6, 6.07) is 6.42. The summed E-state index contributed by atoms with van der Waals surface area (Å²) < 4.78 is 15.3. The van der Waals surface area contributed by atoms with Crippen molar-refractivity contribution >= 4 is 18.0 Å². The second-order valence-electron chi connectivity index (χ2n) is 4.21. The van der Waals surface area contributed by atoms with Crippen molar-refractivity contribution in [2.45, 2.75) is 13.8 Å². The topological polar surface area (TPSA) is 106 Å². The van der Waals surface area contributed by atoms with Crippen molar-refractivity contribution in [3.8, 4) is 17.6 Å². The highest BCUT2D eigenvalue weighted by molar-refractivity contribution is 5.97. The van der Waals surface area contributed by atoms with E-state index in [4.69, 9.17) is 24.6 Å². The fourth-order valence-electron chi connectivity index (χ4n) is 1.65. The summed E-state index contributed by atoms with van der Waals surface area (Å²) in [7, 11) is 0. The number of hydrogen-bond acceptors (Lipinski definition) is 6. The Morgan fingerprint density at radius 1 is 1.22 bits per heavy atom. The van der Waals surface area contributed by atoms with Crippen LogP contribution in [0.2, 0.25) is 0 Å². The van der Waals surface area contributed by atoms with E-state index in [1.165, 1.54) is 12.1 Å². The summed E-state index contributed by atoms with van der Waals surface area (Å²) in [6.45, 7) is 3.43. The van der Waals surface area contributed by atoms with E-state index in [1.54, 1.807) is 32.0 Å². The van der Waals surface area contributed by atoms with Crippen molar-refractivity contribution in [1.29, 1.82) is 5.26 Å². The molecule has 0 saturated heterocycles. The Morgan fingerprint density at radius 3 is 2.52 bits per heavy atom. The number of esters is 1. The summed E-state index contributed by atoms with van der Waals surface area (Å²) in [6.07, 6.45) is 1.36. The molecule has 1 N–H and O–H groups in total. The number of nitriles is 1. The zero-order chi connectivity index (χ0) is 17.2. The number of ether oxygens (including phenoxy) is 3. The fraction of sp³-hybridized carbons (Fsp3) is 0.312. The van der Waals surface area contributed by atoms with E-state index < -0.39 is 18.5 Å². The van der Waals surface area contributed by atoms with Gasteiger partial charge in [-0.15, -0.1) is 0 Å². The maximum Gasteiger partial charge on any atom is 0.348 e. The quantitative estimate of drug-likeness (QED) is 0.444. The van der Waals surface area contributed by atoms with Gasteiger partial charge in [-0.1, -0.05) is 6.07 Å². The second-order valence-corrected chi connectivity index (χ2v) is 4.21.